The lowest BCUT2D eigenvalue weighted by atomic mass is 9.95. The van der Waals surface area contributed by atoms with Gasteiger partial charge in [-0.25, -0.2) is 4.79 Å². The lowest BCUT2D eigenvalue weighted by Crippen LogP contribution is -2.16. The van der Waals surface area contributed by atoms with Crippen molar-refractivity contribution in [1.82, 2.24) is 0 Å². The second-order valence-corrected chi connectivity index (χ2v) is 9.62. The Morgan fingerprint density at radius 2 is 1.65 bits per heavy atom. The predicted octanol–water partition coefficient (Wildman–Crippen LogP) is 5.69. The van der Waals surface area contributed by atoms with Crippen molar-refractivity contribution in [3.05, 3.63) is 63.5 Å². The van der Waals surface area contributed by atoms with Crippen molar-refractivity contribution in [3.63, 3.8) is 0 Å². The summed E-state index contributed by atoms with van der Waals surface area (Å²) in [5.41, 5.74) is 3.72. The maximum atomic E-state index is 13.5. The molecule has 0 fully saturated rings. The first-order valence-electron chi connectivity index (χ1n) is 12.2. The van der Waals surface area contributed by atoms with Gasteiger partial charge in [0.25, 0.3) is 5.91 Å². The first-order valence-corrected chi connectivity index (χ1v) is 13.1. The number of ether oxygens (including phenoxy) is 4. The minimum absolute atomic E-state index is 0.176. The first kappa shape index (κ1) is 26.3. The molecule has 1 amide bonds. The highest BCUT2D eigenvalue weighted by molar-refractivity contribution is 7.16. The molecule has 0 saturated heterocycles. The largest absolute Gasteiger partial charge is 0.493 e. The molecular weight excluding hydrogens is 492 g/mol. The Morgan fingerprint density at radius 1 is 0.919 bits per heavy atom. The molecule has 196 valence electrons. The number of anilines is 2. The number of hydrogen-bond acceptors (Lipinski definition) is 8. The molecule has 4 rings (SSSR count). The van der Waals surface area contributed by atoms with Crippen LogP contribution in [0.1, 0.15) is 56.5 Å². The van der Waals surface area contributed by atoms with E-state index in [-0.39, 0.29) is 11.9 Å². The van der Waals surface area contributed by atoms with Gasteiger partial charge in [0, 0.05) is 22.7 Å². The highest BCUT2D eigenvalue weighted by Crippen LogP contribution is 2.42. The van der Waals surface area contributed by atoms with Crippen LogP contribution in [0.4, 0.5) is 10.7 Å². The highest BCUT2D eigenvalue weighted by atomic mass is 32.1. The number of methoxy groups -OCH3 is 3. The summed E-state index contributed by atoms with van der Waals surface area (Å²) < 4.78 is 21.6. The molecule has 2 aromatic carbocycles. The third-order valence-corrected chi connectivity index (χ3v) is 7.53. The summed E-state index contributed by atoms with van der Waals surface area (Å²) in [6.45, 7) is 2.52. The zero-order valence-corrected chi connectivity index (χ0v) is 22.4. The minimum atomic E-state index is -0.385. The van der Waals surface area contributed by atoms with E-state index in [1.165, 1.54) is 4.88 Å². The zero-order valence-electron chi connectivity index (χ0n) is 21.6. The summed E-state index contributed by atoms with van der Waals surface area (Å²) in [4.78, 5) is 26.7. The average Bonchev–Trinajstić information content (AvgIpc) is 3.30. The Bertz CT molecular complexity index is 1270. The van der Waals surface area contributed by atoms with Gasteiger partial charge in [-0.1, -0.05) is 0 Å². The van der Waals surface area contributed by atoms with E-state index in [2.05, 4.69) is 10.6 Å². The van der Waals surface area contributed by atoms with Gasteiger partial charge in [0.05, 0.1) is 39.1 Å². The lowest BCUT2D eigenvalue weighted by molar-refractivity contribution is 0.0526. The molecule has 37 heavy (non-hydrogen) atoms. The number of amides is 1. The molecule has 8 nitrogen and oxygen atoms in total. The van der Waals surface area contributed by atoms with E-state index in [0.29, 0.717) is 47.2 Å². The van der Waals surface area contributed by atoms with Crippen molar-refractivity contribution < 1.29 is 28.5 Å². The SMILES string of the molecule is CCOC(=O)c1ccc(NC(=O)c2c(NCc3ccc(OC)c(OC)c3OC)sc3c2CCCC3)cc1. The molecule has 0 spiro atoms. The van der Waals surface area contributed by atoms with Crippen LogP contribution in [-0.4, -0.2) is 39.8 Å². The van der Waals surface area contributed by atoms with Crippen molar-refractivity contribution in [2.45, 2.75) is 39.2 Å². The van der Waals surface area contributed by atoms with Gasteiger partial charge in [-0.3, -0.25) is 4.79 Å². The molecule has 0 saturated carbocycles. The van der Waals surface area contributed by atoms with Crippen molar-refractivity contribution in [2.75, 3.05) is 38.6 Å². The minimum Gasteiger partial charge on any atom is -0.493 e. The maximum absolute atomic E-state index is 13.5. The lowest BCUT2D eigenvalue weighted by Gasteiger charge is -2.17. The van der Waals surface area contributed by atoms with E-state index in [1.807, 2.05) is 12.1 Å². The van der Waals surface area contributed by atoms with Crippen LogP contribution in [0.5, 0.6) is 17.2 Å². The van der Waals surface area contributed by atoms with E-state index in [0.717, 1.165) is 41.8 Å². The summed E-state index contributed by atoms with van der Waals surface area (Å²) in [5.74, 6) is 1.14. The molecule has 0 aliphatic heterocycles. The quantitative estimate of drug-likeness (QED) is 0.329. The number of thiophene rings is 1. The molecule has 1 aliphatic rings. The standard InChI is InChI=1S/C28H32N2O6S/c1-5-36-28(32)17-10-13-19(14-11-17)30-26(31)23-20-8-6-7-9-22(20)37-27(23)29-16-18-12-15-21(33-2)25(35-4)24(18)34-3/h10-15,29H,5-9,16H2,1-4H3,(H,30,31). The van der Waals surface area contributed by atoms with Crippen LogP contribution in [0, 0.1) is 0 Å². The van der Waals surface area contributed by atoms with Gasteiger partial charge in [-0.2, -0.15) is 0 Å². The van der Waals surface area contributed by atoms with E-state index >= 15 is 0 Å². The number of benzene rings is 2. The summed E-state index contributed by atoms with van der Waals surface area (Å²) >= 11 is 1.63. The van der Waals surface area contributed by atoms with Crippen LogP contribution < -0.4 is 24.8 Å². The summed E-state index contributed by atoms with van der Waals surface area (Å²) in [6.07, 6.45) is 4.02. The monoisotopic (exact) mass is 524 g/mol. The molecule has 2 N–H and O–H groups in total. The van der Waals surface area contributed by atoms with E-state index in [4.69, 9.17) is 18.9 Å². The molecule has 1 heterocycles. The number of carbonyl (C=O) groups is 2. The Kier molecular flexibility index (Phi) is 8.55. The fraction of sp³-hybridized carbons (Fsp3) is 0.357. The number of nitrogens with one attached hydrogen (secondary N) is 2. The third kappa shape index (κ3) is 5.67. The van der Waals surface area contributed by atoms with Gasteiger partial charge in [0.2, 0.25) is 5.75 Å². The normalized spacial score (nSPS) is 12.3. The molecule has 1 aromatic heterocycles. The summed E-state index contributed by atoms with van der Waals surface area (Å²) in [7, 11) is 4.75. The van der Waals surface area contributed by atoms with Crippen LogP contribution in [0.15, 0.2) is 36.4 Å². The molecule has 9 heteroatoms. The summed E-state index contributed by atoms with van der Waals surface area (Å²) in [6, 6.07) is 10.5. The number of esters is 1. The van der Waals surface area contributed by atoms with E-state index in [1.54, 1.807) is 63.9 Å². The second kappa shape index (κ2) is 12.0. The van der Waals surface area contributed by atoms with Gasteiger partial charge in [-0.15, -0.1) is 11.3 Å². The maximum Gasteiger partial charge on any atom is 0.338 e. The van der Waals surface area contributed by atoms with Gasteiger partial charge in [-0.05, 0) is 74.6 Å². The smallest absolute Gasteiger partial charge is 0.338 e. The Balaban J connectivity index is 1.58. The van der Waals surface area contributed by atoms with E-state index < -0.39 is 0 Å². The molecular formula is C28H32N2O6S. The first-order chi connectivity index (χ1) is 18.0. The molecule has 3 aromatic rings. The Morgan fingerprint density at radius 3 is 2.32 bits per heavy atom. The van der Waals surface area contributed by atoms with Crippen LogP contribution >= 0.6 is 11.3 Å². The van der Waals surface area contributed by atoms with Crippen LogP contribution in [0.25, 0.3) is 0 Å². The second-order valence-electron chi connectivity index (χ2n) is 8.51. The van der Waals surface area contributed by atoms with Crippen molar-refractivity contribution >= 4 is 33.9 Å². The molecule has 1 aliphatic carbocycles. The topological polar surface area (TPSA) is 95.1 Å². The van der Waals surface area contributed by atoms with Crippen LogP contribution in [0.2, 0.25) is 0 Å². The zero-order chi connectivity index (χ0) is 26.4. The third-order valence-electron chi connectivity index (χ3n) is 6.28. The van der Waals surface area contributed by atoms with Gasteiger partial charge < -0.3 is 29.6 Å². The fourth-order valence-electron chi connectivity index (χ4n) is 4.51. The number of fused-ring (bicyclic) bond motifs is 1. The predicted molar refractivity (Wildman–Crippen MR) is 145 cm³/mol. The Hall–Kier alpha value is -3.72. The van der Waals surface area contributed by atoms with Gasteiger partial charge in [0.1, 0.15) is 5.00 Å². The number of hydrogen-bond donors (Lipinski definition) is 2. The highest BCUT2D eigenvalue weighted by Gasteiger charge is 2.26. The van der Waals surface area contributed by atoms with E-state index in [9.17, 15) is 9.59 Å². The summed E-state index contributed by atoms with van der Waals surface area (Å²) in [5, 5.41) is 7.30. The van der Waals surface area contributed by atoms with Crippen LogP contribution in [0.3, 0.4) is 0 Å². The van der Waals surface area contributed by atoms with Crippen molar-refractivity contribution in [1.29, 1.82) is 0 Å². The molecule has 0 unspecified atom stereocenters. The fourth-order valence-corrected chi connectivity index (χ4v) is 5.79. The number of aryl methyl sites for hydroxylation is 1. The molecule has 0 radical (unpaired) electrons. The van der Waals surface area contributed by atoms with Crippen molar-refractivity contribution in [2.24, 2.45) is 0 Å². The van der Waals surface area contributed by atoms with Gasteiger partial charge in [0.15, 0.2) is 11.5 Å². The molecule has 0 atom stereocenters. The number of carbonyl (C=O) groups excluding carboxylic acids is 2. The Labute approximate surface area is 220 Å². The van der Waals surface area contributed by atoms with Crippen LogP contribution in [-0.2, 0) is 24.1 Å². The van der Waals surface area contributed by atoms with Crippen molar-refractivity contribution in [3.8, 4) is 17.2 Å². The number of rotatable bonds is 10. The average molecular weight is 525 g/mol. The van der Waals surface area contributed by atoms with Gasteiger partial charge >= 0.3 is 5.97 Å². The molecule has 0 bridgehead atoms.